The molecule has 3 aromatic carbocycles. The molecule has 0 amide bonds. The van der Waals surface area contributed by atoms with E-state index in [-0.39, 0.29) is 10.8 Å². The Morgan fingerprint density at radius 2 is 1.48 bits per heavy atom. The van der Waals surface area contributed by atoms with E-state index in [9.17, 15) is 8.42 Å². The second-order valence-electron chi connectivity index (χ2n) is 7.65. The lowest BCUT2D eigenvalue weighted by Gasteiger charge is -2.35. The third kappa shape index (κ3) is 4.37. The number of rotatable bonds is 5. The highest BCUT2D eigenvalue weighted by atomic mass is 35.5. The van der Waals surface area contributed by atoms with Gasteiger partial charge in [0.2, 0.25) is 15.8 Å². The SMILES string of the molecule is O=S(=O)(c1ccccc1-c1nc(-c2ccccc2)no1)N1CCN(c2ccc(Cl)cc2)CC1. The van der Waals surface area contributed by atoms with Gasteiger partial charge in [-0.1, -0.05) is 59.2 Å². The van der Waals surface area contributed by atoms with Crippen molar-refractivity contribution in [3.8, 4) is 22.8 Å². The van der Waals surface area contributed by atoms with E-state index in [0.717, 1.165) is 11.3 Å². The number of aromatic nitrogens is 2. The quantitative estimate of drug-likeness (QED) is 0.416. The first kappa shape index (κ1) is 21.6. The summed E-state index contributed by atoms with van der Waals surface area (Å²) >= 11 is 5.98. The molecule has 33 heavy (non-hydrogen) atoms. The minimum atomic E-state index is -3.75. The molecule has 1 fully saturated rings. The van der Waals surface area contributed by atoms with Gasteiger partial charge in [-0.05, 0) is 36.4 Å². The van der Waals surface area contributed by atoms with Crippen LogP contribution in [0.25, 0.3) is 22.8 Å². The molecule has 0 atom stereocenters. The van der Waals surface area contributed by atoms with Gasteiger partial charge in [0.25, 0.3) is 5.89 Å². The molecule has 5 rings (SSSR count). The number of hydrogen-bond acceptors (Lipinski definition) is 6. The summed E-state index contributed by atoms with van der Waals surface area (Å²) in [5.74, 6) is 0.585. The average Bonchev–Trinajstić information content (AvgIpc) is 3.36. The van der Waals surface area contributed by atoms with Gasteiger partial charge in [-0.2, -0.15) is 9.29 Å². The molecule has 9 heteroatoms. The lowest BCUT2D eigenvalue weighted by molar-refractivity contribution is 0.384. The van der Waals surface area contributed by atoms with E-state index in [0.29, 0.717) is 42.6 Å². The van der Waals surface area contributed by atoms with Crippen LogP contribution in [-0.2, 0) is 10.0 Å². The number of nitrogens with zero attached hydrogens (tertiary/aromatic N) is 4. The molecule has 4 aromatic rings. The highest BCUT2D eigenvalue weighted by Gasteiger charge is 2.31. The maximum Gasteiger partial charge on any atom is 0.259 e. The molecular weight excluding hydrogens is 460 g/mol. The highest BCUT2D eigenvalue weighted by molar-refractivity contribution is 7.89. The van der Waals surface area contributed by atoms with Crippen LogP contribution in [0.3, 0.4) is 0 Å². The highest BCUT2D eigenvalue weighted by Crippen LogP contribution is 2.31. The molecule has 0 radical (unpaired) electrons. The summed E-state index contributed by atoms with van der Waals surface area (Å²) < 4.78 is 34.0. The first-order valence-electron chi connectivity index (χ1n) is 10.5. The van der Waals surface area contributed by atoms with Crippen molar-refractivity contribution >= 4 is 27.3 Å². The van der Waals surface area contributed by atoms with Crippen LogP contribution in [0.5, 0.6) is 0 Å². The predicted molar refractivity (Wildman–Crippen MR) is 128 cm³/mol. The minimum Gasteiger partial charge on any atom is -0.369 e. The zero-order valence-corrected chi connectivity index (χ0v) is 19.2. The minimum absolute atomic E-state index is 0.160. The smallest absolute Gasteiger partial charge is 0.259 e. The fourth-order valence-electron chi connectivity index (χ4n) is 3.88. The van der Waals surface area contributed by atoms with Crippen molar-refractivity contribution in [1.29, 1.82) is 0 Å². The molecule has 1 saturated heterocycles. The zero-order valence-electron chi connectivity index (χ0n) is 17.6. The van der Waals surface area contributed by atoms with Gasteiger partial charge in [0.1, 0.15) is 0 Å². The van der Waals surface area contributed by atoms with Crippen molar-refractivity contribution in [2.75, 3.05) is 31.1 Å². The van der Waals surface area contributed by atoms with Crippen molar-refractivity contribution in [2.45, 2.75) is 4.90 Å². The van der Waals surface area contributed by atoms with E-state index in [1.54, 1.807) is 24.3 Å². The molecule has 7 nitrogen and oxygen atoms in total. The normalized spacial score (nSPS) is 15.0. The molecule has 2 heterocycles. The molecule has 1 aliphatic heterocycles. The molecule has 168 valence electrons. The number of anilines is 1. The molecule has 1 aromatic heterocycles. The first-order valence-corrected chi connectivity index (χ1v) is 12.3. The van der Waals surface area contributed by atoms with Gasteiger partial charge < -0.3 is 9.42 Å². The summed E-state index contributed by atoms with van der Waals surface area (Å²) in [5.41, 5.74) is 2.22. The fraction of sp³-hybridized carbons (Fsp3) is 0.167. The number of hydrogen-bond donors (Lipinski definition) is 0. The Morgan fingerprint density at radius 1 is 0.818 bits per heavy atom. The second-order valence-corrected chi connectivity index (χ2v) is 10.00. The largest absolute Gasteiger partial charge is 0.369 e. The van der Waals surface area contributed by atoms with Gasteiger partial charge in [-0.25, -0.2) is 8.42 Å². The Labute approximate surface area is 197 Å². The van der Waals surface area contributed by atoms with Gasteiger partial charge in [-0.3, -0.25) is 0 Å². The van der Waals surface area contributed by atoms with Crippen LogP contribution in [0, 0.1) is 0 Å². The molecule has 1 aliphatic rings. The van der Waals surface area contributed by atoms with E-state index < -0.39 is 10.0 Å². The Kier molecular flexibility index (Phi) is 5.88. The number of halogens is 1. The summed E-state index contributed by atoms with van der Waals surface area (Å²) in [5, 5.41) is 4.71. The topological polar surface area (TPSA) is 79.5 Å². The van der Waals surface area contributed by atoms with Crippen LogP contribution in [-0.4, -0.2) is 49.0 Å². The summed E-state index contributed by atoms with van der Waals surface area (Å²) in [7, 11) is -3.75. The van der Waals surface area contributed by atoms with Crippen LogP contribution in [0.4, 0.5) is 5.69 Å². The van der Waals surface area contributed by atoms with Crippen molar-refractivity contribution in [2.24, 2.45) is 0 Å². The third-order valence-electron chi connectivity index (χ3n) is 5.62. The van der Waals surface area contributed by atoms with Gasteiger partial charge >= 0.3 is 0 Å². The van der Waals surface area contributed by atoms with Crippen molar-refractivity contribution in [3.63, 3.8) is 0 Å². The Hall–Kier alpha value is -3.20. The van der Waals surface area contributed by atoms with Crippen molar-refractivity contribution in [3.05, 3.63) is 83.9 Å². The summed E-state index contributed by atoms with van der Waals surface area (Å²) in [6.07, 6.45) is 0. The molecule has 0 spiro atoms. The number of sulfonamides is 1. The summed E-state index contributed by atoms with van der Waals surface area (Å²) in [4.78, 5) is 6.76. The van der Waals surface area contributed by atoms with E-state index in [1.807, 2.05) is 54.6 Å². The Bertz CT molecular complexity index is 1350. The predicted octanol–water partition coefficient (Wildman–Crippen LogP) is 4.57. The molecule has 0 aliphatic carbocycles. The van der Waals surface area contributed by atoms with Crippen molar-refractivity contribution < 1.29 is 12.9 Å². The van der Waals surface area contributed by atoms with Gasteiger partial charge in [-0.15, -0.1) is 0 Å². The van der Waals surface area contributed by atoms with Crippen LogP contribution in [0.15, 0.2) is 88.3 Å². The third-order valence-corrected chi connectivity index (χ3v) is 7.83. The van der Waals surface area contributed by atoms with E-state index >= 15 is 0 Å². The summed E-state index contributed by atoms with van der Waals surface area (Å²) in [6, 6.07) is 23.7. The van der Waals surface area contributed by atoms with Gasteiger partial charge in [0.15, 0.2) is 0 Å². The van der Waals surface area contributed by atoms with Crippen LogP contribution >= 0.6 is 11.6 Å². The average molecular weight is 481 g/mol. The Morgan fingerprint density at radius 3 is 2.21 bits per heavy atom. The molecule has 0 bridgehead atoms. The monoisotopic (exact) mass is 480 g/mol. The van der Waals surface area contributed by atoms with Crippen molar-refractivity contribution in [1.82, 2.24) is 14.4 Å². The van der Waals surface area contributed by atoms with Crippen LogP contribution in [0.2, 0.25) is 5.02 Å². The van der Waals surface area contributed by atoms with Crippen LogP contribution < -0.4 is 4.90 Å². The summed E-state index contributed by atoms with van der Waals surface area (Å²) in [6.45, 7) is 1.92. The van der Waals surface area contributed by atoms with E-state index in [1.165, 1.54) is 4.31 Å². The molecule has 0 N–H and O–H groups in total. The molecule has 0 unspecified atom stereocenters. The maximum absolute atomic E-state index is 13.5. The lowest BCUT2D eigenvalue weighted by Crippen LogP contribution is -2.48. The van der Waals surface area contributed by atoms with Gasteiger partial charge in [0, 0.05) is 42.5 Å². The number of piperazine rings is 1. The number of benzene rings is 3. The van der Waals surface area contributed by atoms with Gasteiger partial charge in [0.05, 0.1) is 10.5 Å². The zero-order chi connectivity index (χ0) is 22.8. The Balaban J connectivity index is 1.39. The molecular formula is C24H21ClN4O3S. The lowest BCUT2D eigenvalue weighted by atomic mass is 10.2. The molecule has 0 saturated carbocycles. The standard InChI is InChI=1S/C24H21ClN4O3S/c25-19-10-12-20(13-11-19)28-14-16-29(17-15-28)33(30,31)22-9-5-4-8-21(22)24-26-23(27-32-24)18-6-2-1-3-7-18/h1-13H,14-17H2. The van der Waals surface area contributed by atoms with E-state index in [4.69, 9.17) is 16.1 Å². The van der Waals surface area contributed by atoms with E-state index in [2.05, 4.69) is 15.0 Å². The van der Waals surface area contributed by atoms with Crippen LogP contribution in [0.1, 0.15) is 0 Å². The second kappa shape index (κ2) is 8.97. The first-order chi connectivity index (χ1) is 16.0. The maximum atomic E-state index is 13.5. The fourth-order valence-corrected chi connectivity index (χ4v) is 5.62.